The first-order valence-corrected chi connectivity index (χ1v) is 7.74. The number of aliphatic carboxylic acids is 1. The summed E-state index contributed by atoms with van der Waals surface area (Å²) in [5, 5.41) is 48.2. The molecule has 26 heavy (non-hydrogen) atoms. The highest BCUT2D eigenvalue weighted by Crippen LogP contribution is 2.31. The zero-order valence-corrected chi connectivity index (χ0v) is 13.9. The molecule has 0 heterocycles. The number of hydrogen-bond acceptors (Lipinski definition) is 8. The zero-order valence-electron chi connectivity index (χ0n) is 13.9. The molecule has 0 amide bonds. The van der Waals surface area contributed by atoms with Crippen molar-refractivity contribution in [1.29, 1.82) is 0 Å². The second-order valence-corrected chi connectivity index (χ2v) is 6.04. The van der Waals surface area contributed by atoms with Crippen LogP contribution in [0.1, 0.15) is 18.4 Å². The van der Waals surface area contributed by atoms with Crippen LogP contribution in [0, 0.1) is 0 Å². The number of carbonyl (C=O) groups excluding carboxylic acids is 1. The predicted molar refractivity (Wildman–Crippen MR) is 87.4 cm³/mol. The van der Waals surface area contributed by atoms with Crippen molar-refractivity contribution < 1.29 is 44.6 Å². The molecule has 0 saturated heterocycles. The Kier molecular flexibility index (Phi) is 5.86. The largest absolute Gasteiger partial charge is 0.504 e. The molecule has 5 N–H and O–H groups in total. The van der Waals surface area contributed by atoms with Crippen molar-refractivity contribution in [2.24, 2.45) is 0 Å². The molecule has 1 aliphatic rings. The Balaban J connectivity index is 2.07. The number of rotatable bonds is 5. The van der Waals surface area contributed by atoms with E-state index in [-0.39, 0.29) is 11.5 Å². The summed E-state index contributed by atoms with van der Waals surface area (Å²) in [5.41, 5.74) is -1.78. The number of methoxy groups -OCH3 is 1. The van der Waals surface area contributed by atoms with Crippen LogP contribution in [0.15, 0.2) is 24.3 Å². The fourth-order valence-electron chi connectivity index (χ4n) is 2.69. The molecule has 0 radical (unpaired) electrons. The number of carboxylic acids is 1. The van der Waals surface area contributed by atoms with Gasteiger partial charge in [-0.2, -0.15) is 0 Å². The third kappa shape index (κ3) is 4.31. The van der Waals surface area contributed by atoms with Crippen LogP contribution in [0.3, 0.4) is 0 Å². The van der Waals surface area contributed by atoms with Crippen LogP contribution in [0.5, 0.6) is 11.5 Å². The number of aliphatic hydroxyl groups excluding tert-OH is 2. The molecule has 9 nitrogen and oxygen atoms in total. The molecule has 0 spiro atoms. The first-order chi connectivity index (χ1) is 12.2. The van der Waals surface area contributed by atoms with Crippen LogP contribution in [-0.2, 0) is 14.3 Å². The minimum Gasteiger partial charge on any atom is -0.504 e. The van der Waals surface area contributed by atoms with Crippen molar-refractivity contribution in [3.8, 4) is 11.5 Å². The lowest BCUT2D eigenvalue weighted by atomic mass is 9.79. The average Bonchev–Trinajstić information content (AvgIpc) is 2.58. The van der Waals surface area contributed by atoms with Gasteiger partial charge in [-0.3, -0.25) is 0 Å². The lowest BCUT2D eigenvalue weighted by molar-refractivity contribution is -0.196. The maximum absolute atomic E-state index is 11.9. The van der Waals surface area contributed by atoms with Crippen molar-refractivity contribution in [3.63, 3.8) is 0 Å². The highest BCUT2D eigenvalue weighted by atomic mass is 16.6. The molecular formula is C17H20O9. The van der Waals surface area contributed by atoms with Gasteiger partial charge in [-0.1, -0.05) is 6.07 Å². The third-order valence-electron chi connectivity index (χ3n) is 4.14. The predicted octanol–water partition coefficient (Wildman–Crippen LogP) is -0.343. The minimum atomic E-state index is -2.29. The molecule has 0 aliphatic heterocycles. The lowest BCUT2D eigenvalue weighted by Crippen LogP contribution is -2.57. The van der Waals surface area contributed by atoms with Crippen molar-refractivity contribution in [2.75, 3.05) is 7.11 Å². The average molecular weight is 368 g/mol. The smallest absolute Gasteiger partial charge is 0.335 e. The second kappa shape index (κ2) is 7.73. The Morgan fingerprint density at radius 2 is 1.96 bits per heavy atom. The molecule has 0 bridgehead atoms. The Morgan fingerprint density at radius 3 is 2.58 bits per heavy atom. The number of phenolic OH excluding ortho intramolecular Hbond substituents is 1. The number of phenols is 1. The highest BCUT2D eigenvalue weighted by Gasteiger charge is 2.50. The van der Waals surface area contributed by atoms with Crippen LogP contribution in [0.2, 0.25) is 0 Å². The lowest BCUT2D eigenvalue weighted by Gasteiger charge is -2.39. The van der Waals surface area contributed by atoms with Crippen LogP contribution >= 0.6 is 0 Å². The van der Waals surface area contributed by atoms with E-state index in [1.165, 1.54) is 31.4 Å². The minimum absolute atomic E-state index is 0.0699. The first kappa shape index (κ1) is 19.7. The number of ether oxygens (including phenoxy) is 2. The number of benzene rings is 1. The monoisotopic (exact) mass is 368 g/mol. The SMILES string of the molecule is COc1cc(/C=C/C(=O)OC2C[C@@](O)(C(=O)O)C[C@H](O)[C@@H]2O)ccc1O. The van der Waals surface area contributed by atoms with Gasteiger partial charge in [0.2, 0.25) is 0 Å². The summed E-state index contributed by atoms with van der Waals surface area (Å²) in [6, 6.07) is 4.36. The normalized spacial score (nSPS) is 28.7. The summed E-state index contributed by atoms with van der Waals surface area (Å²) in [7, 11) is 1.37. The van der Waals surface area contributed by atoms with Gasteiger partial charge in [-0.05, 0) is 23.8 Å². The fraction of sp³-hybridized carbons (Fsp3) is 0.412. The zero-order chi connectivity index (χ0) is 19.5. The Labute approximate surface area is 148 Å². The molecule has 1 aromatic rings. The van der Waals surface area contributed by atoms with Crippen LogP contribution in [0.4, 0.5) is 0 Å². The Hall–Kier alpha value is -2.62. The van der Waals surface area contributed by atoms with Gasteiger partial charge in [0, 0.05) is 18.9 Å². The molecule has 1 unspecified atom stereocenters. The van der Waals surface area contributed by atoms with E-state index in [2.05, 4.69) is 0 Å². The Morgan fingerprint density at radius 1 is 1.27 bits per heavy atom. The standard InChI is InChI=1S/C17H20O9/c1-25-12-6-9(2-4-10(12)18)3-5-14(20)26-13-8-17(24,16(22)23)7-11(19)15(13)21/h2-6,11,13,15,18-19,21,24H,7-8H2,1H3,(H,22,23)/b5-3+/t11-,13?,15-,17+/m0/s1. The van der Waals surface area contributed by atoms with Crippen LogP contribution < -0.4 is 4.74 Å². The molecule has 0 aromatic heterocycles. The van der Waals surface area contributed by atoms with E-state index in [9.17, 15) is 30.0 Å². The number of carboxylic acid groups (broad SMARTS) is 1. The molecule has 1 fully saturated rings. The van der Waals surface area contributed by atoms with Gasteiger partial charge in [-0.15, -0.1) is 0 Å². The fourth-order valence-corrected chi connectivity index (χ4v) is 2.69. The molecule has 1 saturated carbocycles. The number of aromatic hydroxyl groups is 1. The van der Waals surface area contributed by atoms with E-state index in [0.29, 0.717) is 5.56 Å². The van der Waals surface area contributed by atoms with Gasteiger partial charge in [0.25, 0.3) is 0 Å². The van der Waals surface area contributed by atoms with E-state index < -0.39 is 48.7 Å². The quantitative estimate of drug-likeness (QED) is 0.347. The maximum atomic E-state index is 11.9. The number of hydrogen-bond donors (Lipinski definition) is 5. The molecule has 2 rings (SSSR count). The van der Waals surface area contributed by atoms with E-state index in [0.717, 1.165) is 6.08 Å². The van der Waals surface area contributed by atoms with Gasteiger partial charge in [0.1, 0.15) is 12.2 Å². The van der Waals surface area contributed by atoms with E-state index in [1.54, 1.807) is 0 Å². The molecule has 9 heteroatoms. The summed E-state index contributed by atoms with van der Waals surface area (Å²) in [6.07, 6.45) is -3.17. The topological polar surface area (TPSA) is 154 Å². The third-order valence-corrected chi connectivity index (χ3v) is 4.14. The molecule has 4 atom stereocenters. The Bertz CT molecular complexity index is 714. The summed E-state index contributed by atoms with van der Waals surface area (Å²) < 4.78 is 9.92. The van der Waals surface area contributed by atoms with Crippen molar-refractivity contribution >= 4 is 18.0 Å². The van der Waals surface area contributed by atoms with Gasteiger partial charge in [0.05, 0.1) is 13.2 Å². The van der Waals surface area contributed by atoms with Crippen molar-refractivity contribution in [3.05, 3.63) is 29.8 Å². The van der Waals surface area contributed by atoms with Gasteiger partial charge >= 0.3 is 11.9 Å². The molecular weight excluding hydrogens is 348 g/mol. The summed E-state index contributed by atoms with van der Waals surface area (Å²) in [4.78, 5) is 23.1. The van der Waals surface area contributed by atoms with E-state index in [4.69, 9.17) is 14.6 Å². The number of esters is 1. The highest BCUT2D eigenvalue weighted by molar-refractivity contribution is 5.87. The van der Waals surface area contributed by atoms with Crippen molar-refractivity contribution in [2.45, 2.75) is 36.8 Å². The van der Waals surface area contributed by atoms with E-state index >= 15 is 0 Å². The molecule has 1 aliphatic carbocycles. The summed E-state index contributed by atoms with van der Waals surface area (Å²) in [5.74, 6) is -2.34. The first-order valence-electron chi connectivity index (χ1n) is 7.74. The number of aliphatic hydroxyl groups is 3. The van der Waals surface area contributed by atoms with Crippen molar-refractivity contribution in [1.82, 2.24) is 0 Å². The van der Waals surface area contributed by atoms with Crippen LogP contribution in [-0.4, -0.2) is 68.5 Å². The van der Waals surface area contributed by atoms with Crippen LogP contribution in [0.25, 0.3) is 6.08 Å². The van der Waals surface area contributed by atoms with Gasteiger partial charge in [-0.25, -0.2) is 9.59 Å². The second-order valence-electron chi connectivity index (χ2n) is 6.04. The summed E-state index contributed by atoms with van der Waals surface area (Å²) in [6.45, 7) is 0. The summed E-state index contributed by atoms with van der Waals surface area (Å²) >= 11 is 0. The maximum Gasteiger partial charge on any atom is 0.335 e. The van der Waals surface area contributed by atoms with Gasteiger partial charge < -0.3 is 35.0 Å². The number of carbonyl (C=O) groups is 2. The van der Waals surface area contributed by atoms with E-state index in [1.807, 2.05) is 0 Å². The van der Waals surface area contributed by atoms with Gasteiger partial charge in [0.15, 0.2) is 17.1 Å². The molecule has 142 valence electrons. The molecule has 1 aromatic carbocycles.